The van der Waals surface area contributed by atoms with Crippen molar-refractivity contribution in [2.24, 2.45) is 0 Å². The molecule has 5 aromatic carbocycles. The van der Waals surface area contributed by atoms with Gasteiger partial charge in [0.15, 0.2) is 0 Å². The highest BCUT2D eigenvalue weighted by atomic mass is 16.5. The summed E-state index contributed by atoms with van der Waals surface area (Å²) in [5, 5.41) is 12.7. The molecular formula is C48H37N11O8. The van der Waals surface area contributed by atoms with Crippen LogP contribution in [0.15, 0.2) is 178 Å². The third kappa shape index (κ3) is 12.5. The molecule has 0 saturated carbocycles. The lowest BCUT2D eigenvalue weighted by Crippen LogP contribution is -2.20. The standard InChI is InChI=1S/C48H37N11O8/c1-5-39(60)64-35-22-14-30(15-23-35)49-43-53-44(50-31-16-24-36(25-17-31)65-40(61)6-2)56-47(55-43)59(34-12-10-9-11-13-34)48-57-45(51-32-18-26-37(27-19-32)66-41(62)7-3)54-46(58-48)52-33-20-28-38(29-21-33)67-42(63)8-4/h5-29H,1-4H2,(H2,49,50,53,55,56)(H2,51,52,54,57,58). The lowest BCUT2D eigenvalue weighted by Gasteiger charge is -2.23. The summed E-state index contributed by atoms with van der Waals surface area (Å²) in [5.74, 6) is -0.971. The van der Waals surface area contributed by atoms with Crippen molar-refractivity contribution >= 4 is 88.0 Å². The molecular weight excluding hydrogens is 859 g/mol. The zero-order chi connectivity index (χ0) is 47.1. The van der Waals surface area contributed by atoms with Crippen molar-refractivity contribution in [2.75, 3.05) is 26.2 Å². The summed E-state index contributed by atoms with van der Waals surface area (Å²) in [5.41, 5.74) is 2.62. The van der Waals surface area contributed by atoms with Crippen LogP contribution in [0.1, 0.15) is 0 Å². The molecule has 67 heavy (non-hydrogen) atoms. The van der Waals surface area contributed by atoms with Crippen LogP contribution in [0.25, 0.3) is 0 Å². The van der Waals surface area contributed by atoms with Crippen LogP contribution in [0, 0.1) is 0 Å². The zero-order valence-electron chi connectivity index (χ0n) is 35.2. The van der Waals surface area contributed by atoms with Crippen molar-refractivity contribution in [1.29, 1.82) is 0 Å². The van der Waals surface area contributed by atoms with E-state index in [9.17, 15) is 19.2 Å². The summed E-state index contributed by atoms with van der Waals surface area (Å²) >= 11 is 0. The van der Waals surface area contributed by atoms with Gasteiger partial charge < -0.3 is 40.2 Å². The molecule has 19 nitrogen and oxygen atoms in total. The monoisotopic (exact) mass is 895 g/mol. The van der Waals surface area contributed by atoms with E-state index in [1.54, 1.807) is 114 Å². The fourth-order valence-corrected chi connectivity index (χ4v) is 5.62. The van der Waals surface area contributed by atoms with Crippen LogP contribution in [0.4, 0.5) is 64.1 Å². The van der Waals surface area contributed by atoms with Crippen molar-refractivity contribution in [2.45, 2.75) is 0 Å². The maximum Gasteiger partial charge on any atom is 0.335 e. The van der Waals surface area contributed by atoms with Crippen molar-refractivity contribution in [3.8, 4) is 23.0 Å². The zero-order valence-corrected chi connectivity index (χ0v) is 35.2. The van der Waals surface area contributed by atoms with Gasteiger partial charge in [0.05, 0.1) is 5.69 Å². The largest absolute Gasteiger partial charge is 0.423 e. The van der Waals surface area contributed by atoms with E-state index < -0.39 is 23.9 Å². The van der Waals surface area contributed by atoms with E-state index in [-0.39, 0.29) is 58.7 Å². The molecule has 0 atom stereocenters. The van der Waals surface area contributed by atoms with Crippen LogP contribution in [0.5, 0.6) is 23.0 Å². The summed E-state index contributed by atoms with van der Waals surface area (Å²) in [7, 11) is 0. The summed E-state index contributed by atoms with van der Waals surface area (Å²) in [6, 6.07) is 35.0. The van der Waals surface area contributed by atoms with Gasteiger partial charge in [-0.3, -0.25) is 0 Å². The Hall–Kier alpha value is -10.0. The minimum absolute atomic E-state index is 0.0316. The van der Waals surface area contributed by atoms with Crippen LogP contribution >= 0.6 is 0 Å². The van der Waals surface area contributed by atoms with E-state index in [4.69, 9.17) is 38.9 Å². The topological polar surface area (TPSA) is 234 Å². The third-order valence-electron chi connectivity index (χ3n) is 8.64. The Balaban J connectivity index is 1.32. The number of para-hydroxylation sites is 1. The smallest absolute Gasteiger partial charge is 0.335 e. The lowest BCUT2D eigenvalue weighted by molar-refractivity contribution is -0.129. The second kappa shape index (κ2) is 21.4. The van der Waals surface area contributed by atoms with Gasteiger partial charge in [-0.1, -0.05) is 44.5 Å². The van der Waals surface area contributed by atoms with E-state index in [0.29, 0.717) is 28.4 Å². The molecule has 7 aromatic rings. The first-order chi connectivity index (χ1) is 32.6. The summed E-state index contributed by atoms with van der Waals surface area (Å²) < 4.78 is 20.9. The van der Waals surface area contributed by atoms with Gasteiger partial charge in [0.25, 0.3) is 0 Å². The molecule has 0 aliphatic carbocycles. The highest BCUT2D eigenvalue weighted by Crippen LogP contribution is 2.34. The second-order valence-corrected chi connectivity index (χ2v) is 13.3. The summed E-state index contributed by atoms with van der Waals surface area (Å²) in [6.07, 6.45) is 4.23. The predicted octanol–water partition coefficient (Wildman–Crippen LogP) is 8.87. The van der Waals surface area contributed by atoms with Crippen molar-refractivity contribution in [3.05, 3.63) is 178 Å². The van der Waals surface area contributed by atoms with E-state index in [0.717, 1.165) is 24.3 Å². The molecule has 2 aromatic heterocycles. The molecule has 2 heterocycles. The van der Waals surface area contributed by atoms with Crippen LogP contribution in [0.3, 0.4) is 0 Å². The highest BCUT2D eigenvalue weighted by Gasteiger charge is 2.23. The van der Waals surface area contributed by atoms with Gasteiger partial charge in [0.2, 0.25) is 35.7 Å². The first-order valence-electron chi connectivity index (χ1n) is 19.8. The van der Waals surface area contributed by atoms with Gasteiger partial charge in [-0.05, 0) is 109 Å². The fourth-order valence-electron chi connectivity index (χ4n) is 5.62. The van der Waals surface area contributed by atoms with Crippen LogP contribution in [0.2, 0.25) is 0 Å². The highest BCUT2D eigenvalue weighted by molar-refractivity contribution is 5.85. The number of nitrogens with one attached hydrogen (secondary N) is 4. The Morgan fingerprint density at radius 3 is 0.866 bits per heavy atom. The SMILES string of the molecule is C=CC(=O)Oc1ccc(Nc2nc(Nc3ccc(OC(=O)C=C)cc3)nc(N(c3ccccc3)c3nc(Nc4ccc(OC(=O)C=C)cc4)nc(Nc4ccc(OC(=O)C=C)cc4)n3)n2)cc1. The molecule has 0 aliphatic rings. The maximum absolute atomic E-state index is 11.8. The Bertz CT molecular complexity index is 2600. The molecule has 0 fully saturated rings. The Kier molecular flexibility index (Phi) is 14.3. The third-order valence-corrected chi connectivity index (χ3v) is 8.64. The Morgan fingerprint density at radius 2 is 0.627 bits per heavy atom. The fraction of sp³-hybridized carbons (Fsp3) is 0. The van der Waals surface area contributed by atoms with E-state index in [1.165, 1.54) is 0 Å². The van der Waals surface area contributed by atoms with E-state index >= 15 is 0 Å². The molecule has 0 spiro atoms. The number of benzene rings is 5. The summed E-state index contributed by atoms with van der Waals surface area (Å²) in [4.78, 5) is 77.4. The first kappa shape index (κ1) is 45.0. The number of carbonyl (C=O) groups is 4. The first-order valence-corrected chi connectivity index (χ1v) is 19.8. The molecule has 0 bridgehead atoms. The van der Waals surface area contributed by atoms with E-state index in [1.807, 2.05) is 18.2 Å². The van der Waals surface area contributed by atoms with E-state index in [2.05, 4.69) is 57.6 Å². The minimum atomic E-state index is -0.615. The molecule has 332 valence electrons. The maximum atomic E-state index is 11.8. The lowest BCUT2D eigenvalue weighted by atomic mass is 10.3. The Labute approximate surface area is 382 Å². The minimum Gasteiger partial charge on any atom is -0.423 e. The van der Waals surface area contributed by atoms with Crippen molar-refractivity contribution < 1.29 is 38.1 Å². The molecule has 0 amide bonds. The summed E-state index contributed by atoms with van der Waals surface area (Å²) in [6.45, 7) is 13.7. The number of esters is 4. The molecule has 0 aliphatic heterocycles. The number of nitrogens with zero attached hydrogens (tertiary/aromatic N) is 7. The molecule has 19 heteroatoms. The number of rotatable bonds is 19. The number of anilines is 11. The van der Waals surface area contributed by atoms with Gasteiger partial charge in [-0.25, -0.2) is 24.1 Å². The molecule has 0 unspecified atom stereocenters. The molecule has 7 rings (SSSR count). The van der Waals surface area contributed by atoms with Crippen molar-refractivity contribution in [3.63, 3.8) is 0 Å². The van der Waals surface area contributed by atoms with Crippen molar-refractivity contribution in [1.82, 2.24) is 29.9 Å². The average molecular weight is 896 g/mol. The van der Waals surface area contributed by atoms with Crippen LogP contribution in [-0.2, 0) is 19.2 Å². The number of hydrogen-bond donors (Lipinski definition) is 4. The molecule has 4 N–H and O–H groups in total. The normalized spacial score (nSPS) is 10.3. The quantitative estimate of drug-likeness (QED) is 0.0337. The van der Waals surface area contributed by atoms with Gasteiger partial charge in [-0.15, -0.1) is 0 Å². The van der Waals surface area contributed by atoms with Gasteiger partial charge in [0.1, 0.15) is 23.0 Å². The molecule has 0 radical (unpaired) electrons. The number of hydrogen-bond acceptors (Lipinski definition) is 19. The van der Waals surface area contributed by atoms with Gasteiger partial charge >= 0.3 is 23.9 Å². The Morgan fingerprint density at radius 1 is 0.373 bits per heavy atom. The number of ether oxygens (including phenoxy) is 4. The van der Waals surface area contributed by atoms with Gasteiger partial charge in [0, 0.05) is 47.1 Å². The number of aromatic nitrogens is 6. The van der Waals surface area contributed by atoms with Crippen LogP contribution in [-0.4, -0.2) is 53.8 Å². The predicted molar refractivity (Wildman–Crippen MR) is 250 cm³/mol. The molecule has 0 saturated heterocycles. The second-order valence-electron chi connectivity index (χ2n) is 13.3. The average Bonchev–Trinajstić information content (AvgIpc) is 3.34. The van der Waals surface area contributed by atoms with Gasteiger partial charge in [-0.2, -0.15) is 29.9 Å². The number of carbonyl (C=O) groups excluding carboxylic acids is 4. The van der Waals surface area contributed by atoms with Crippen LogP contribution < -0.4 is 45.1 Å².